The second kappa shape index (κ2) is 6.16. The van der Waals surface area contributed by atoms with Gasteiger partial charge in [-0.1, -0.05) is 12.1 Å². The summed E-state index contributed by atoms with van der Waals surface area (Å²) in [4.78, 5) is 34.4. The summed E-state index contributed by atoms with van der Waals surface area (Å²) in [6.07, 6.45) is 0. The molecule has 0 aromatic heterocycles. The van der Waals surface area contributed by atoms with Crippen LogP contribution in [0.15, 0.2) is 24.3 Å². The van der Waals surface area contributed by atoms with Crippen molar-refractivity contribution in [2.75, 3.05) is 0 Å². The second-order valence-corrected chi connectivity index (χ2v) is 5.54. The number of rotatable bonds is 4. The number of aryl methyl sites for hydroxylation is 1. The normalized spacial score (nSPS) is 10.5. The Balaban J connectivity index is 2.96. The average molecular weight is 328 g/mol. The van der Waals surface area contributed by atoms with Crippen LogP contribution in [0.1, 0.15) is 47.8 Å². The monoisotopic (exact) mass is 328 g/mol. The van der Waals surface area contributed by atoms with Crippen molar-refractivity contribution in [2.24, 2.45) is 0 Å². The van der Waals surface area contributed by atoms with Crippen LogP contribution in [0.4, 0.5) is 0 Å². The fourth-order valence-corrected chi connectivity index (χ4v) is 2.62. The summed E-state index contributed by atoms with van der Waals surface area (Å²) < 4.78 is 0. The van der Waals surface area contributed by atoms with Crippen LogP contribution in [0, 0.1) is 20.8 Å². The fraction of sp³-hybridized carbons (Fsp3) is 0.167. The molecule has 0 aliphatic heterocycles. The number of carboxylic acids is 3. The minimum atomic E-state index is -1.39. The first kappa shape index (κ1) is 17.2. The number of aromatic carboxylic acids is 3. The molecule has 2 rings (SSSR count). The lowest BCUT2D eigenvalue weighted by Crippen LogP contribution is -2.11. The number of hydrogen-bond donors (Lipinski definition) is 3. The van der Waals surface area contributed by atoms with E-state index in [4.69, 9.17) is 5.11 Å². The van der Waals surface area contributed by atoms with Gasteiger partial charge in [-0.05, 0) is 55.2 Å². The highest BCUT2D eigenvalue weighted by molar-refractivity contribution is 6.08. The molecule has 6 nitrogen and oxygen atoms in total. The van der Waals surface area contributed by atoms with Gasteiger partial charge in [-0.15, -0.1) is 0 Å². The zero-order valence-electron chi connectivity index (χ0n) is 13.4. The molecular weight excluding hydrogens is 312 g/mol. The van der Waals surface area contributed by atoms with E-state index >= 15 is 0 Å². The van der Waals surface area contributed by atoms with Gasteiger partial charge in [-0.2, -0.15) is 0 Å². The lowest BCUT2D eigenvalue weighted by molar-refractivity contribution is 0.0696. The molecule has 0 saturated heterocycles. The van der Waals surface area contributed by atoms with Crippen LogP contribution in [0.5, 0.6) is 0 Å². The Kier molecular flexibility index (Phi) is 4.41. The molecule has 2 aromatic rings. The van der Waals surface area contributed by atoms with Gasteiger partial charge in [0.25, 0.3) is 0 Å². The first-order chi connectivity index (χ1) is 11.1. The van der Waals surface area contributed by atoms with E-state index in [9.17, 15) is 24.6 Å². The summed E-state index contributed by atoms with van der Waals surface area (Å²) in [5.41, 5.74) is 2.07. The molecule has 0 amide bonds. The summed E-state index contributed by atoms with van der Waals surface area (Å²) in [6, 6.07) is 5.41. The van der Waals surface area contributed by atoms with Crippen LogP contribution < -0.4 is 0 Å². The second-order valence-electron chi connectivity index (χ2n) is 5.54. The van der Waals surface area contributed by atoms with E-state index < -0.39 is 17.9 Å². The Morgan fingerprint density at radius 1 is 0.750 bits per heavy atom. The van der Waals surface area contributed by atoms with E-state index in [1.165, 1.54) is 0 Å². The van der Waals surface area contributed by atoms with Gasteiger partial charge >= 0.3 is 17.9 Å². The third-order valence-electron chi connectivity index (χ3n) is 4.17. The summed E-state index contributed by atoms with van der Waals surface area (Å²) in [6.45, 7) is 5.54. The number of hydrogen-bond acceptors (Lipinski definition) is 3. The molecule has 0 fully saturated rings. The van der Waals surface area contributed by atoms with Crippen LogP contribution in [0.25, 0.3) is 11.1 Å². The Hall–Kier alpha value is -3.15. The highest BCUT2D eigenvalue weighted by atomic mass is 16.4. The summed E-state index contributed by atoms with van der Waals surface area (Å²) in [5.74, 6) is -4.15. The van der Waals surface area contributed by atoms with E-state index in [0.717, 1.165) is 28.8 Å². The maximum absolute atomic E-state index is 11.6. The topological polar surface area (TPSA) is 112 Å². The third kappa shape index (κ3) is 2.86. The summed E-state index contributed by atoms with van der Waals surface area (Å²) in [5, 5.41) is 28.0. The molecule has 0 radical (unpaired) electrons. The summed E-state index contributed by atoms with van der Waals surface area (Å²) in [7, 11) is 0. The minimum Gasteiger partial charge on any atom is -0.478 e. The molecule has 124 valence electrons. The smallest absolute Gasteiger partial charge is 0.336 e. The van der Waals surface area contributed by atoms with Gasteiger partial charge in [0.2, 0.25) is 0 Å². The highest BCUT2D eigenvalue weighted by Crippen LogP contribution is 2.34. The molecule has 3 N–H and O–H groups in total. The highest BCUT2D eigenvalue weighted by Gasteiger charge is 2.24. The van der Waals surface area contributed by atoms with Crippen molar-refractivity contribution in [3.8, 4) is 11.1 Å². The largest absolute Gasteiger partial charge is 0.478 e. The predicted molar refractivity (Wildman–Crippen MR) is 87.0 cm³/mol. The van der Waals surface area contributed by atoms with E-state index in [0.29, 0.717) is 5.56 Å². The number of carboxylic acid groups (broad SMARTS) is 3. The van der Waals surface area contributed by atoms with Crippen molar-refractivity contribution in [1.82, 2.24) is 0 Å². The summed E-state index contributed by atoms with van der Waals surface area (Å²) >= 11 is 0. The van der Waals surface area contributed by atoms with Gasteiger partial charge in [0.05, 0.1) is 16.7 Å². The molecule has 0 bridgehead atoms. The number of benzene rings is 2. The first-order valence-electron chi connectivity index (χ1n) is 7.10. The van der Waals surface area contributed by atoms with Crippen LogP contribution in [-0.4, -0.2) is 33.2 Å². The van der Waals surface area contributed by atoms with Crippen LogP contribution in [0.2, 0.25) is 0 Å². The Morgan fingerprint density at radius 3 is 1.67 bits per heavy atom. The quantitative estimate of drug-likeness (QED) is 0.793. The van der Waals surface area contributed by atoms with Gasteiger partial charge < -0.3 is 15.3 Å². The average Bonchev–Trinajstić information content (AvgIpc) is 2.51. The molecule has 0 atom stereocenters. The lowest BCUT2D eigenvalue weighted by Gasteiger charge is -2.16. The van der Waals surface area contributed by atoms with Gasteiger partial charge in [0.1, 0.15) is 0 Å². The molecule has 6 heteroatoms. The third-order valence-corrected chi connectivity index (χ3v) is 4.17. The first-order valence-corrected chi connectivity index (χ1v) is 7.10. The van der Waals surface area contributed by atoms with Crippen LogP contribution in [-0.2, 0) is 0 Å². The van der Waals surface area contributed by atoms with E-state index in [2.05, 4.69) is 0 Å². The molecule has 0 heterocycles. The molecule has 0 aliphatic carbocycles. The standard InChI is InChI=1S/C18H16O6/c1-8-4-5-12(10(3)9(8)2)15-13(17(21)22)6-11(16(19)20)7-14(15)18(23)24/h4-7H,1-3H3,(H,19,20)(H,21,22)(H,23,24). The fourth-order valence-electron chi connectivity index (χ4n) is 2.62. The van der Waals surface area contributed by atoms with E-state index in [-0.39, 0.29) is 22.3 Å². The predicted octanol–water partition coefficient (Wildman–Crippen LogP) is 3.37. The lowest BCUT2D eigenvalue weighted by atomic mass is 9.87. The number of carbonyl (C=O) groups is 3. The molecule has 2 aromatic carbocycles. The Bertz CT molecular complexity index is 844. The SMILES string of the molecule is Cc1ccc(-c2c(C(=O)O)cc(C(=O)O)cc2C(=O)O)c(C)c1C. The maximum Gasteiger partial charge on any atom is 0.336 e. The molecule has 0 saturated carbocycles. The van der Waals surface area contributed by atoms with Crippen molar-refractivity contribution in [2.45, 2.75) is 20.8 Å². The van der Waals surface area contributed by atoms with Crippen molar-refractivity contribution in [3.63, 3.8) is 0 Å². The molecular formula is C18H16O6. The van der Waals surface area contributed by atoms with Gasteiger partial charge in [0, 0.05) is 5.56 Å². The Morgan fingerprint density at radius 2 is 1.25 bits per heavy atom. The van der Waals surface area contributed by atoms with Crippen molar-refractivity contribution in [1.29, 1.82) is 0 Å². The molecule has 0 unspecified atom stereocenters. The zero-order valence-corrected chi connectivity index (χ0v) is 13.4. The van der Waals surface area contributed by atoms with Gasteiger partial charge in [-0.3, -0.25) is 0 Å². The minimum absolute atomic E-state index is 0.0144. The molecule has 0 spiro atoms. The van der Waals surface area contributed by atoms with Crippen LogP contribution in [0.3, 0.4) is 0 Å². The van der Waals surface area contributed by atoms with E-state index in [1.807, 2.05) is 13.8 Å². The Labute approximate surface area is 138 Å². The van der Waals surface area contributed by atoms with Gasteiger partial charge in [0.15, 0.2) is 0 Å². The molecule has 0 aliphatic rings. The van der Waals surface area contributed by atoms with Crippen molar-refractivity contribution in [3.05, 3.63) is 57.6 Å². The van der Waals surface area contributed by atoms with Crippen LogP contribution >= 0.6 is 0 Å². The maximum atomic E-state index is 11.6. The van der Waals surface area contributed by atoms with Crippen molar-refractivity contribution < 1.29 is 29.7 Å². The zero-order chi connectivity index (χ0) is 18.2. The van der Waals surface area contributed by atoms with Gasteiger partial charge in [-0.25, -0.2) is 14.4 Å². The van der Waals surface area contributed by atoms with Crippen molar-refractivity contribution >= 4 is 17.9 Å². The molecule has 24 heavy (non-hydrogen) atoms. The van der Waals surface area contributed by atoms with E-state index in [1.54, 1.807) is 19.1 Å².